The predicted molar refractivity (Wildman–Crippen MR) is 76.5 cm³/mol. The van der Waals surface area contributed by atoms with E-state index in [4.69, 9.17) is 5.73 Å². The first-order valence-electron chi connectivity index (χ1n) is 5.42. The van der Waals surface area contributed by atoms with Crippen LogP contribution in [0, 0.1) is 12.7 Å². The summed E-state index contributed by atoms with van der Waals surface area (Å²) in [5.74, 6) is -0.657. The van der Waals surface area contributed by atoms with Crippen LogP contribution >= 0.6 is 27.3 Å². The van der Waals surface area contributed by atoms with Crippen molar-refractivity contribution in [1.29, 1.82) is 0 Å². The number of halogens is 2. The van der Waals surface area contributed by atoms with Crippen molar-refractivity contribution in [2.45, 2.75) is 13.5 Å². The number of thiazole rings is 1. The maximum atomic E-state index is 13.5. The number of anilines is 1. The van der Waals surface area contributed by atoms with Gasteiger partial charge in [-0.15, -0.1) is 0 Å². The second kappa shape index (κ2) is 5.66. The average molecular weight is 344 g/mol. The zero-order valence-electron chi connectivity index (χ0n) is 10.0. The topological polar surface area (TPSA) is 68.0 Å². The maximum absolute atomic E-state index is 13.5. The summed E-state index contributed by atoms with van der Waals surface area (Å²) in [5.41, 5.74) is 6.52. The van der Waals surface area contributed by atoms with Crippen molar-refractivity contribution in [2.75, 3.05) is 5.73 Å². The molecule has 0 aliphatic rings. The molecule has 0 aliphatic carbocycles. The number of nitrogen functional groups attached to an aromatic ring is 1. The number of rotatable bonds is 3. The number of carbonyl (C=O) groups excluding carboxylic acids is 1. The molecule has 7 heteroatoms. The van der Waals surface area contributed by atoms with E-state index in [9.17, 15) is 9.18 Å². The first-order chi connectivity index (χ1) is 8.97. The number of carbonyl (C=O) groups is 1. The Bertz CT molecular complexity index is 629. The third-order valence-electron chi connectivity index (χ3n) is 2.47. The monoisotopic (exact) mass is 343 g/mol. The lowest BCUT2D eigenvalue weighted by Crippen LogP contribution is -2.23. The van der Waals surface area contributed by atoms with Crippen LogP contribution in [0.3, 0.4) is 0 Å². The van der Waals surface area contributed by atoms with Crippen molar-refractivity contribution in [1.82, 2.24) is 10.3 Å². The number of benzene rings is 1. The largest absolute Gasteiger partial charge is 0.375 e. The molecule has 0 atom stereocenters. The number of hydrogen-bond donors (Lipinski definition) is 2. The minimum absolute atomic E-state index is 0.112. The van der Waals surface area contributed by atoms with Gasteiger partial charge in [-0.25, -0.2) is 9.37 Å². The number of aromatic nitrogens is 1. The summed E-state index contributed by atoms with van der Waals surface area (Å²) in [6.07, 6.45) is 0. The fourth-order valence-corrected chi connectivity index (χ4v) is 2.72. The van der Waals surface area contributed by atoms with Crippen LogP contribution in [0.2, 0.25) is 0 Å². The standard InChI is InChI=1S/C12H11BrFN3OS/c1-6-10(19-12(15)17-6)11(18)16-5-7-4-8(13)2-3-9(7)14/h2-4H,5H2,1H3,(H2,15,17)(H,16,18). The lowest BCUT2D eigenvalue weighted by Gasteiger charge is -2.06. The minimum Gasteiger partial charge on any atom is -0.375 e. The summed E-state index contributed by atoms with van der Waals surface area (Å²) in [7, 11) is 0. The van der Waals surface area contributed by atoms with Crippen LogP contribution in [0.1, 0.15) is 20.9 Å². The van der Waals surface area contributed by atoms with Crippen molar-refractivity contribution >= 4 is 38.3 Å². The molecule has 0 radical (unpaired) electrons. The Labute approximate surface area is 122 Å². The number of nitrogens with zero attached hydrogens (tertiary/aromatic N) is 1. The number of nitrogens with two attached hydrogens (primary N) is 1. The Morgan fingerprint density at radius 3 is 2.95 bits per heavy atom. The van der Waals surface area contributed by atoms with E-state index >= 15 is 0 Å². The van der Waals surface area contributed by atoms with Crippen LogP contribution < -0.4 is 11.1 Å². The van der Waals surface area contributed by atoms with Crippen LogP contribution in [-0.4, -0.2) is 10.9 Å². The zero-order chi connectivity index (χ0) is 14.0. The quantitative estimate of drug-likeness (QED) is 0.900. The van der Waals surface area contributed by atoms with Gasteiger partial charge in [-0.1, -0.05) is 27.3 Å². The normalized spacial score (nSPS) is 10.5. The van der Waals surface area contributed by atoms with Crippen LogP contribution in [0.4, 0.5) is 9.52 Å². The summed E-state index contributed by atoms with van der Waals surface area (Å²) in [6.45, 7) is 1.82. The molecule has 0 fully saturated rings. The van der Waals surface area contributed by atoms with Gasteiger partial charge in [0.05, 0.1) is 5.69 Å². The molecule has 1 heterocycles. The molecule has 0 aliphatic heterocycles. The molecule has 4 nitrogen and oxygen atoms in total. The highest BCUT2D eigenvalue weighted by molar-refractivity contribution is 9.10. The molecule has 0 bridgehead atoms. The fourth-order valence-electron chi connectivity index (χ4n) is 1.56. The summed E-state index contributed by atoms with van der Waals surface area (Å²) < 4.78 is 14.3. The highest BCUT2D eigenvalue weighted by Gasteiger charge is 2.14. The highest BCUT2D eigenvalue weighted by Crippen LogP contribution is 2.20. The van der Waals surface area contributed by atoms with Gasteiger partial charge in [-0.05, 0) is 25.1 Å². The predicted octanol–water partition coefficient (Wildman–Crippen LogP) is 2.87. The van der Waals surface area contributed by atoms with E-state index in [-0.39, 0.29) is 18.3 Å². The summed E-state index contributed by atoms with van der Waals surface area (Å²) >= 11 is 4.38. The Balaban J connectivity index is 2.08. The molecule has 0 saturated heterocycles. The van der Waals surface area contributed by atoms with Gasteiger partial charge in [0.25, 0.3) is 5.91 Å². The van der Waals surface area contributed by atoms with E-state index in [2.05, 4.69) is 26.2 Å². The van der Waals surface area contributed by atoms with Gasteiger partial charge in [0.15, 0.2) is 5.13 Å². The van der Waals surface area contributed by atoms with E-state index in [1.807, 2.05) is 0 Å². The second-order valence-electron chi connectivity index (χ2n) is 3.89. The van der Waals surface area contributed by atoms with E-state index in [0.29, 0.717) is 21.3 Å². The van der Waals surface area contributed by atoms with Gasteiger partial charge in [0.1, 0.15) is 10.7 Å². The first kappa shape index (κ1) is 14.0. The van der Waals surface area contributed by atoms with Crippen molar-refractivity contribution in [2.24, 2.45) is 0 Å². The van der Waals surface area contributed by atoms with E-state index in [0.717, 1.165) is 15.8 Å². The molecule has 0 saturated carbocycles. The molecular formula is C12H11BrFN3OS. The van der Waals surface area contributed by atoms with Crippen molar-refractivity contribution < 1.29 is 9.18 Å². The van der Waals surface area contributed by atoms with E-state index < -0.39 is 0 Å². The van der Waals surface area contributed by atoms with Gasteiger partial charge in [0, 0.05) is 16.6 Å². The Morgan fingerprint density at radius 1 is 1.58 bits per heavy atom. The molecule has 100 valence electrons. The van der Waals surface area contributed by atoms with Gasteiger partial charge in [-0.3, -0.25) is 4.79 Å². The lowest BCUT2D eigenvalue weighted by molar-refractivity contribution is 0.0954. The van der Waals surface area contributed by atoms with E-state index in [1.165, 1.54) is 6.07 Å². The molecule has 3 N–H and O–H groups in total. The second-order valence-corrected chi connectivity index (χ2v) is 5.83. The molecule has 2 rings (SSSR count). The average Bonchev–Trinajstić information content (AvgIpc) is 2.69. The third kappa shape index (κ3) is 3.30. The van der Waals surface area contributed by atoms with Crippen molar-refractivity contribution in [3.8, 4) is 0 Å². The van der Waals surface area contributed by atoms with Gasteiger partial charge >= 0.3 is 0 Å². The van der Waals surface area contributed by atoms with Crippen LogP contribution in [0.15, 0.2) is 22.7 Å². The molecule has 1 aromatic heterocycles. The summed E-state index contributed by atoms with van der Waals surface area (Å²) in [5, 5.41) is 3.00. The number of amides is 1. The van der Waals surface area contributed by atoms with Crippen LogP contribution in [0.5, 0.6) is 0 Å². The molecule has 19 heavy (non-hydrogen) atoms. The van der Waals surface area contributed by atoms with Crippen molar-refractivity contribution in [3.05, 3.63) is 44.6 Å². The lowest BCUT2D eigenvalue weighted by atomic mass is 10.2. The highest BCUT2D eigenvalue weighted by atomic mass is 79.9. The first-order valence-corrected chi connectivity index (χ1v) is 7.03. The molecule has 0 spiro atoms. The maximum Gasteiger partial charge on any atom is 0.263 e. The minimum atomic E-state index is -0.357. The Hall–Kier alpha value is -1.47. The molecule has 1 aromatic carbocycles. The zero-order valence-corrected chi connectivity index (χ0v) is 12.4. The number of aryl methyl sites for hydroxylation is 1. The Morgan fingerprint density at radius 2 is 2.32 bits per heavy atom. The molecule has 0 unspecified atom stereocenters. The molecule has 2 aromatic rings. The van der Waals surface area contributed by atoms with Gasteiger partial charge < -0.3 is 11.1 Å². The SMILES string of the molecule is Cc1nc(N)sc1C(=O)NCc1cc(Br)ccc1F. The molecular weight excluding hydrogens is 333 g/mol. The third-order valence-corrected chi connectivity index (χ3v) is 3.95. The van der Waals surface area contributed by atoms with Gasteiger partial charge in [0.2, 0.25) is 0 Å². The molecule has 1 amide bonds. The van der Waals surface area contributed by atoms with Crippen LogP contribution in [-0.2, 0) is 6.54 Å². The fraction of sp³-hybridized carbons (Fsp3) is 0.167. The summed E-state index contributed by atoms with van der Waals surface area (Å²) in [4.78, 5) is 16.3. The number of nitrogens with one attached hydrogen (secondary N) is 1. The number of hydrogen-bond acceptors (Lipinski definition) is 4. The van der Waals surface area contributed by atoms with Gasteiger partial charge in [-0.2, -0.15) is 0 Å². The van der Waals surface area contributed by atoms with E-state index in [1.54, 1.807) is 19.1 Å². The van der Waals surface area contributed by atoms with Crippen molar-refractivity contribution in [3.63, 3.8) is 0 Å². The Kier molecular flexibility index (Phi) is 4.16. The summed E-state index contributed by atoms with van der Waals surface area (Å²) in [6, 6.07) is 4.58. The van der Waals surface area contributed by atoms with Crippen LogP contribution in [0.25, 0.3) is 0 Å². The smallest absolute Gasteiger partial charge is 0.263 e.